The van der Waals surface area contributed by atoms with E-state index in [-0.39, 0.29) is 6.04 Å². The summed E-state index contributed by atoms with van der Waals surface area (Å²) >= 11 is 9.51. The first-order chi connectivity index (χ1) is 11.1. The van der Waals surface area contributed by atoms with Crippen LogP contribution >= 0.6 is 35.1 Å². The predicted octanol–water partition coefficient (Wildman–Crippen LogP) is 3.35. The molecule has 122 valence electrons. The second kappa shape index (κ2) is 7.25. The third kappa shape index (κ3) is 3.57. The van der Waals surface area contributed by atoms with Gasteiger partial charge in [0.1, 0.15) is 0 Å². The van der Waals surface area contributed by atoms with Crippen molar-refractivity contribution in [3.05, 3.63) is 40.2 Å². The first-order valence-corrected chi connectivity index (χ1v) is 10.0. The molecule has 1 aliphatic heterocycles. The molecule has 0 radical (unpaired) electrons. The molecule has 1 aromatic heterocycles. The number of halogens is 1. The van der Waals surface area contributed by atoms with Crippen LogP contribution in [0.15, 0.2) is 28.5 Å². The fourth-order valence-electron chi connectivity index (χ4n) is 2.31. The van der Waals surface area contributed by atoms with Crippen molar-refractivity contribution in [1.82, 2.24) is 14.9 Å². The molecule has 0 spiro atoms. The molecule has 23 heavy (non-hydrogen) atoms. The van der Waals surface area contributed by atoms with E-state index in [2.05, 4.69) is 22.5 Å². The normalized spacial score (nSPS) is 15.2. The van der Waals surface area contributed by atoms with Gasteiger partial charge >= 0.3 is 0 Å². The maximum Gasteiger partial charge on any atom is 0.212 e. The Labute approximate surface area is 149 Å². The van der Waals surface area contributed by atoms with E-state index in [1.165, 1.54) is 0 Å². The van der Waals surface area contributed by atoms with Crippen molar-refractivity contribution >= 4 is 40.8 Å². The monoisotopic (exact) mass is 367 g/mol. The highest BCUT2D eigenvalue weighted by atomic mass is 35.5. The van der Waals surface area contributed by atoms with E-state index in [0.717, 1.165) is 50.8 Å². The van der Waals surface area contributed by atoms with Crippen molar-refractivity contribution in [3.8, 4) is 0 Å². The standard InChI is InChI=1S/C15H18ClN5S2/c1-9-7-10(3-4-11(9)16)13-8-23-15-19-18-14(21(15)20-13)12(17)5-6-22-2/h3-4,7,12H,5-6,8,17H2,1-2H3. The average Bonchev–Trinajstić information content (AvgIpc) is 2.98. The van der Waals surface area contributed by atoms with Crippen molar-refractivity contribution in [2.24, 2.45) is 10.8 Å². The van der Waals surface area contributed by atoms with E-state index < -0.39 is 0 Å². The molecule has 1 unspecified atom stereocenters. The zero-order valence-corrected chi connectivity index (χ0v) is 15.4. The maximum atomic E-state index is 6.25. The second-order valence-corrected chi connectivity index (χ2v) is 7.68. The van der Waals surface area contributed by atoms with E-state index in [0.29, 0.717) is 0 Å². The third-order valence-corrected chi connectivity index (χ3v) is 5.65. The minimum Gasteiger partial charge on any atom is -0.321 e. The van der Waals surface area contributed by atoms with E-state index in [9.17, 15) is 0 Å². The largest absolute Gasteiger partial charge is 0.321 e. The number of nitrogens with zero attached hydrogens (tertiary/aromatic N) is 4. The second-order valence-electron chi connectivity index (χ2n) is 5.34. The number of rotatable bonds is 5. The highest BCUT2D eigenvalue weighted by Crippen LogP contribution is 2.27. The van der Waals surface area contributed by atoms with Crippen LogP contribution in [0.1, 0.15) is 29.4 Å². The molecule has 0 amide bonds. The Hall–Kier alpha value is -1.02. The Morgan fingerprint density at radius 1 is 1.43 bits per heavy atom. The summed E-state index contributed by atoms with van der Waals surface area (Å²) < 4.78 is 1.79. The van der Waals surface area contributed by atoms with E-state index >= 15 is 0 Å². The summed E-state index contributed by atoms with van der Waals surface area (Å²) in [6, 6.07) is 5.81. The summed E-state index contributed by atoms with van der Waals surface area (Å²) in [6.07, 6.45) is 2.93. The quantitative estimate of drug-likeness (QED) is 0.877. The van der Waals surface area contributed by atoms with Crippen LogP contribution in [0, 0.1) is 6.92 Å². The fourth-order valence-corrected chi connectivity index (χ4v) is 3.77. The first-order valence-electron chi connectivity index (χ1n) is 7.27. The summed E-state index contributed by atoms with van der Waals surface area (Å²) in [4.78, 5) is 0. The highest BCUT2D eigenvalue weighted by molar-refractivity contribution is 7.99. The molecule has 2 aromatic rings. The van der Waals surface area contributed by atoms with Crippen LogP contribution in [0.3, 0.4) is 0 Å². The Kier molecular flexibility index (Phi) is 5.31. The molecule has 2 N–H and O–H groups in total. The van der Waals surface area contributed by atoms with Crippen LogP contribution in [0.2, 0.25) is 5.02 Å². The van der Waals surface area contributed by atoms with Crippen molar-refractivity contribution in [3.63, 3.8) is 0 Å². The third-order valence-electron chi connectivity index (χ3n) is 3.65. The molecule has 1 aliphatic rings. The van der Waals surface area contributed by atoms with Gasteiger partial charge in [-0.15, -0.1) is 10.2 Å². The molecule has 5 nitrogen and oxygen atoms in total. The lowest BCUT2D eigenvalue weighted by Crippen LogP contribution is -2.20. The van der Waals surface area contributed by atoms with Crippen molar-refractivity contribution in [2.75, 3.05) is 17.8 Å². The predicted molar refractivity (Wildman–Crippen MR) is 98.8 cm³/mol. The zero-order chi connectivity index (χ0) is 16.4. The van der Waals surface area contributed by atoms with Gasteiger partial charge < -0.3 is 5.73 Å². The number of nitrogens with two attached hydrogens (primary N) is 1. The molecule has 0 saturated carbocycles. The number of hydrogen-bond donors (Lipinski definition) is 1. The molecule has 0 fully saturated rings. The molecular formula is C15H18ClN5S2. The average molecular weight is 368 g/mol. The van der Waals surface area contributed by atoms with Gasteiger partial charge in [-0.1, -0.05) is 29.4 Å². The summed E-state index contributed by atoms with van der Waals surface area (Å²) in [5.74, 6) is 2.48. The summed E-state index contributed by atoms with van der Waals surface area (Å²) in [7, 11) is 0. The minimum absolute atomic E-state index is 0.153. The molecule has 3 rings (SSSR count). The van der Waals surface area contributed by atoms with E-state index in [1.54, 1.807) is 28.2 Å². The number of aryl methyl sites for hydroxylation is 1. The fraction of sp³-hybridized carbons (Fsp3) is 0.400. The molecule has 0 bridgehead atoms. The number of fused-ring (bicyclic) bond motifs is 1. The molecular weight excluding hydrogens is 350 g/mol. The van der Waals surface area contributed by atoms with Gasteiger partial charge in [0.05, 0.1) is 11.8 Å². The van der Waals surface area contributed by atoms with Gasteiger partial charge in [-0.3, -0.25) is 0 Å². The van der Waals surface area contributed by atoms with E-state index in [4.69, 9.17) is 22.4 Å². The lowest BCUT2D eigenvalue weighted by atomic mass is 10.1. The Bertz CT molecular complexity index is 743. The highest BCUT2D eigenvalue weighted by Gasteiger charge is 2.23. The van der Waals surface area contributed by atoms with Gasteiger partial charge in [0, 0.05) is 10.8 Å². The van der Waals surface area contributed by atoms with Crippen LogP contribution < -0.4 is 5.73 Å². The Morgan fingerprint density at radius 3 is 3.00 bits per heavy atom. The van der Waals surface area contributed by atoms with Gasteiger partial charge in [-0.25, -0.2) is 0 Å². The minimum atomic E-state index is -0.153. The van der Waals surface area contributed by atoms with Crippen LogP contribution in [0.25, 0.3) is 0 Å². The van der Waals surface area contributed by atoms with Gasteiger partial charge in [-0.05, 0) is 48.6 Å². The number of thioether (sulfide) groups is 2. The van der Waals surface area contributed by atoms with Crippen LogP contribution in [-0.4, -0.2) is 38.3 Å². The summed E-state index contributed by atoms with van der Waals surface area (Å²) in [6.45, 7) is 2.00. The lowest BCUT2D eigenvalue weighted by Gasteiger charge is -2.16. The number of hydrogen-bond acceptors (Lipinski definition) is 6. The van der Waals surface area contributed by atoms with Crippen molar-refractivity contribution in [2.45, 2.75) is 24.5 Å². The molecule has 8 heteroatoms. The lowest BCUT2D eigenvalue weighted by molar-refractivity contribution is 0.598. The molecule has 2 heterocycles. The molecule has 0 saturated heterocycles. The number of aromatic nitrogens is 3. The number of benzene rings is 1. The SMILES string of the molecule is CSCCC(N)c1nnc2n1N=C(c1ccc(Cl)c(C)c1)CS2. The first kappa shape index (κ1) is 16.8. The van der Waals surface area contributed by atoms with Gasteiger partial charge in [0.25, 0.3) is 0 Å². The molecule has 1 atom stereocenters. The van der Waals surface area contributed by atoms with Crippen LogP contribution in [0.5, 0.6) is 0 Å². The zero-order valence-electron chi connectivity index (χ0n) is 13.0. The van der Waals surface area contributed by atoms with Crippen molar-refractivity contribution in [1.29, 1.82) is 0 Å². The van der Waals surface area contributed by atoms with Crippen LogP contribution in [0.4, 0.5) is 0 Å². The Balaban J connectivity index is 1.93. The van der Waals surface area contributed by atoms with Crippen molar-refractivity contribution < 1.29 is 0 Å². The van der Waals surface area contributed by atoms with Gasteiger partial charge in [-0.2, -0.15) is 21.5 Å². The van der Waals surface area contributed by atoms with Gasteiger partial charge in [0.2, 0.25) is 5.16 Å². The van der Waals surface area contributed by atoms with Gasteiger partial charge in [0.15, 0.2) is 5.82 Å². The topological polar surface area (TPSA) is 69.1 Å². The smallest absolute Gasteiger partial charge is 0.212 e. The molecule has 1 aromatic carbocycles. The Morgan fingerprint density at radius 2 is 2.26 bits per heavy atom. The van der Waals surface area contributed by atoms with E-state index in [1.807, 2.05) is 19.1 Å². The summed E-state index contributed by atoms with van der Waals surface area (Å²) in [5.41, 5.74) is 9.35. The maximum absolute atomic E-state index is 6.25. The van der Waals surface area contributed by atoms with Crippen LogP contribution in [-0.2, 0) is 0 Å². The molecule has 0 aliphatic carbocycles. The summed E-state index contributed by atoms with van der Waals surface area (Å²) in [5, 5.41) is 14.7.